The molecule has 0 aliphatic heterocycles. The van der Waals surface area contributed by atoms with Crippen LogP contribution in [0.15, 0.2) is 80.9 Å². The van der Waals surface area contributed by atoms with Gasteiger partial charge in [0.2, 0.25) is 0 Å². The lowest BCUT2D eigenvalue weighted by Crippen LogP contribution is -2.24. The Balaban J connectivity index is 1.43. The number of esters is 1. The summed E-state index contributed by atoms with van der Waals surface area (Å²) in [6.45, 7) is -0.206. The lowest BCUT2D eigenvalue weighted by atomic mass is 10.2. The van der Waals surface area contributed by atoms with Crippen molar-refractivity contribution < 1.29 is 28.2 Å². The monoisotopic (exact) mass is 498 g/mol. The topological polar surface area (TPSA) is 99.4 Å². The first kappa shape index (κ1) is 22.8. The molecule has 0 saturated carbocycles. The van der Waals surface area contributed by atoms with Crippen molar-refractivity contribution in [2.24, 2.45) is 5.10 Å². The third-order valence-corrected chi connectivity index (χ3v) is 4.55. The first-order chi connectivity index (χ1) is 15.5. The van der Waals surface area contributed by atoms with E-state index in [0.29, 0.717) is 33.0 Å². The van der Waals surface area contributed by atoms with Gasteiger partial charge in [0.1, 0.15) is 23.0 Å². The van der Waals surface area contributed by atoms with Gasteiger partial charge in [-0.2, -0.15) is 5.10 Å². The Morgan fingerprint density at radius 1 is 1.12 bits per heavy atom. The standard InChI is InChI=1S/C23H19BrN2O6/c1-29-19-8-10-21(20(24)13-19)31-15-22(27)26-25-14-16-4-6-18(7-5-16)32-23(28)11-9-17-3-2-12-30-17/h2-14H,15H2,1H3,(H,26,27)/b11-9-,25-14-. The van der Waals surface area contributed by atoms with Crippen LogP contribution < -0.4 is 19.6 Å². The van der Waals surface area contributed by atoms with Crippen LogP contribution in [0.25, 0.3) is 6.08 Å². The number of hydrogen-bond donors (Lipinski definition) is 1. The molecule has 0 aliphatic rings. The van der Waals surface area contributed by atoms with Gasteiger partial charge in [-0.25, -0.2) is 10.2 Å². The van der Waals surface area contributed by atoms with Crippen LogP contribution in [0.3, 0.4) is 0 Å². The van der Waals surface area contributed by atoms with Gasteiger partial charge in [0, 0.05) is 6.08 Å². The second-order valence-corrected chi connectivity index (χ2v) is 7.07. The molecule has 8 nitrogen and oxygen atoms in total. The average Bonchev–Trinajstić information content (AvgIpc) is 3.32. The highest BCUT2D eigenvalue weighted by molar-refractivity contribution is 9.10. The maximum atomic E-state index is 11.9. The van der Waals surface area contributed by atoms with Gasteiger partial charge in [-0.3, -0.25) is 4.79 Å². The molecular formula is C23H19BrN2O6. The number of nitrogens with one attached hydrogen (secondary N) is 1. The van der Waals surface area contributed by atoms with Crippen molar-refractivity contribution in [3.63, 3.8) is 0 Å². The van der Waals surface area contributed by atoms with Crippen LogP contribution in [0.1, 0.15) is 11.3 Å². The van der Waals surface area contributed by atoms with Crippen LogP contribution >= 0.6 is 15.9 Å². The van der Waals surface area contributed by atoms with E-state index in [-0.39, 0.29) is 6.61 Å². The molecule has 3 aromatic rings. The number of carbonyl (C=O) groups excluding carboxylic acids is 2. The third-order valence-electron chi connectivity index (χ3n) is 3.93. The maximum Gasteiger partial charge on any atom is 0.336 e. The van der Waals surface area contributed by atoms with E-state index in [9.17, 15) is 9.59 Å². The maximum absolute atomic E-state index is 11.9. The lowest BCUT2D eigenvalue weighted by molar-refractivity contribution is -0.129. The number of carbonyl (C=O) groups is 2. The van der Waals surface area contributed by atoms with Gasteiger partial charge in [-0.15, -0.1) is 0 Å². The summed E-state index contributed by atoms with van der Waals surface area (Å²) in [6, 6.07) is 15.2. The van der Waals surface area contributed by atoms with Crippen molar-refractivity contribution in [1.82, 2.24) is 5.43 Å². The minimum absolute atomic E-state index is 0.206. The van der Waals surface area contributed by atoms with Crippen LogP contribution in [0.4, 0.5) is 0 Å². The third kappa shape index (κ3) is 7.13. The van der Waals surface area contributed by atoms with Crippen LogP contribution in [0, 0.1) is 0 Å². The summed E-state index contributed by atoms with van der Waals surface area (Å²) in [4.78, 5) is 23.7. The number of benzene rings is 2. The van der Waals surface area contributed by atoms with Gasteiger partial charge < -0.3 is 18.6 Å². The predicted octanol–water partition coefficient (Wildman–Crippen LogP) is 4.20. The fourth-order valence-electron chi connectivity index (χ4n) is 2.39. The zero-order valence-electron chi connectivity index (χ0n) is 17.0. The molecule has 0 bridgehead atoms. The largest absolute Gasteiger partial charge is 0.497 e. The average molecular weight is 499 g/mol. The van der Waals surface area contributed by atoms with E-state index >= 15 is 0 Å². The molecule has 0 aliphatic carbocycles. The van der Waals surface area contributed by atoms with E-state index < -0.39 is 11.9 Å². The summed E-state index contributed by atoms with van der Waals surface area (Å²) < 4.78 is 21.5. The molecule has 0 spiro atoms. The minimum atomic E-state index is -0.529. The van der Waals surface area contributed by atoms with Crippen LogP contribution in [-0.2, 0) is 9.59 Å². The van der Waals surface area contributed by atoms with Gasteiger partial charge in [0.05, 0.1) is 24.1 Å². The van der Waals surface area contributed by atoms with Crippen molar-refractivity contribution >= 4 is 40.1 Å². The molecule has 32 heavy (non-hydrogen) atoms. The van der Waals surface area contributed by atoms with E-state index in [2.05, 4.69) is 26.5 Å². The van der Waals surface area contributed by atoms with Gasteiger partial charge in [0.25, 0.3) is 5.91 Å². The Morgan fingerprint density at radius 2 is 1.91 bits per heavy atom. The first-order valence-corrected chi connectivity index (χ1v) is 10.1. The SMILES string of the molecule is COc1ccc(OCC(=O)N/N=C\c2ccc(OC(=O)/C=C\c3ccco3)cc2)c(Br)c1. The molecule has 0 atom stereocenters. The molecule has 1 N–H and O–H groups in total. The van der Waals surface area contributed by atoms with Crippen molar-refractivity contribution in [2.45, 2.75) is 0 Å². The van der Waals surface area contributed by atoms with Crippen molar-refractivity contribution in [1.29, 1.82) is 0 Å². The number of ether oxygens (including phenoxy) is 3. The molecular weight excluding hydrogens is 480 g/mol. The molecule has 0 fully saturated rings. The van der Waals surface area contributed by atoms with E-state index in [1.165, 1.54) is 24.6 Å². The zero-order valence-corrected chi connectivity index (χ0v) is 18.6. The predicted molar refractivity (Wildman–Crippen MR) is 122 cm³/mol. The van der Waals surface area contributed by atoms with Crippen molar-refractivity contribution in [3.05, 3.63) is 82.7 Å². The fraction of sp³-hybridized carbons (Fsp3) is 0.0870. The number of amides is 1. The number of rotatable bonds is 9. The number of hydrazone groups is 1. The van der Waals surface area contributed by atoms with Crippen LogP contribution in [-0.4, -0.2) is 31.8 Å². The Bertz CT molecular complexity index is 1110. The molecule has 2 aromatic carbocycles. The summed E-state index contributed by atoms with van der Waals surface area (Å²) in [7, 11) is 1.56. The highest BCUT2D eigenvalue weighted by atomic mass is 79.9. The van der Waals surface area contributed by atoms with Gasteiger partial charge >= 0.3 is 5.97 Å². The fourth-order valence-corrected chi connectivity index (χ4v) is 2.86. The summed E-state index contributed by atoms with van der Waals surface area (Å²) in [5, 5.41) is 3.89. The van der Waals surface area contributed by atoms with E-state index in [1.54, 1.807) is 61.7 Å². The van der Waals surface area contributed by atoms with Gasteiger partial charge in [-0.1, -0.05) is 0 Å². The minimum Gasteiger partial charge on any atom is -0.497 e. The Morgan fingerprint density at radius 3 is 2.59 bits per heavy atom. The molecule has 0 radical (unpaired) electrons. The number of methoxy groups -OCH3 is 1. The Hall–Kier alpha value is -3.85. The first-order valence-electron chi connectivity index (χ1n) is 9.35. The molecule has 1 heterocycles. The van der Waals surface area contributed by atoms with Gasteiger partial charge in [-0.05, 0) is 82.2 Å². The summed E-state index contributed by atoms with van der Waals surface area (Å²) >= 11 is 3.35. The number of furan rings is 1. The molecule has 9 heteroatoms. The Kier molecular flexibility index (Phi) is 8.22. The molecule has 1 aromatic heterocycles. The smallest absolute Gasteiger partial charge is 0.336 e. The van der Waals surface area contributed by atoms with E-state index in [1.807, 2.05) is 0 Å². The summed E-state index contributed by atoms with van der Waals surface area (Å²) in [5.41, 5.74) is 3.09. The number of hydrogen-bond acceptors (Lipinski definition) is 7. The van der Waals surface area contributed by atoms with Crippen LogP contribution in [0.5, 0.6) is 17.2 Å². The normalized spacial score (nSPS) is 10.9. The van der Waals surface area contributed by atoms with Gasteiger partial charge in [0.15, 0.2) is 6.61 Å². The molecule has 0 unspecified atom stereocenters. The second-order valence-electron chi connectivity index (χ2n) is 6.22. The Labute approximate surface area is 192 Å². The van der Waals surface area contributed by atoms with Crippen molar-refractivity contribution in [2.75, 3.05) is 13.7 Å². The lowest BCUT2D eigenvalue weighted by Gasteiger charge is -2.08. The van der Waals surface area contributed by atoms with E-state index in [0.717, 1.165) is 0 Å². The molecule has 164 valence electrons. The molecule has 1 amide bonds. The number of halogens is 1. The molecule has 3 rings (SSSR count). The highest BCUT2D eigenvalue weighted by Gasteiger charge is 2.06. The zero-order chi connectivity index (χ0) is 22.8. The summed E-state index contributed by atoms with van der Waals surface area (Å²) in [5.74, 6) is 1.16. The van der Waals surface area contributed by atoms with E-state index in [4.69, 9.17) is 18.6 Å². The summed E-state index contributed by atoms with van der Waals surface area (Å²) in [6.07, 6.45) is 5.77. The highest BCUT2D eigenvalue weighted by Crippen LogP contribution is 2.28. The van der Waals surface area contributed by atoms with Crippen LogP contribution in [0.2, 0.25) is 0 Å². The molecule has 0 saturated heterocycles. The van der Waals surface area contributed by atoms with Crippen molar-refractivity contribution in [3.8, 4) is 17.2 Å². The second kappa shape index (κ2) is 11.5. The number of nitrogens with zero attached hydrogens (tertiary/aromatic N) is 1. The quantitative estimate of drug-likeness (QED) is 0.156.